The average Bonchev–Trinajstić information content (AvgIpc) is 3.74. The van der Waals surface area contributed by atoms with E-state index in [9.17, 15) is 25.0 Å². The second kappa shape index (κ2) is 33.7. The van der Waals surface area contributed by atoms with Gasteiger partial charge in [-0.05, 0) is 105 Å². The quantitative estimate of drug-likeness (QED) is 0.0284. The predicted octanol–water partition coefficient (Wildman–Crippen LogP) is 12.2. The number of H-pyrrole nitrogens is 1. The van der Waals surface area contributed by atoms with Crippen molar-refractivity contribution in [2.45, 2.75) is 34.6 Å². The Kier molecular flexibility index (Phi) is 27.1. The molecule has 5 heterocycles. The molecule has 0 atom stereocenters. The van der Waals surface area contributed by atoms with E-state index in [4.69, 9.17) is 34.8 Å². The molecule has 8 N–H and O–H groups in total. The molecule has 9 rings (SSSR count). The van der Waals surface area contributed by atoms with E-state index in [-0.39, 0.29) is 22.1 Å². The molecule has 0 bridgehead atoms. The molecule has 0 aliphatic carbocycles. The minimum Gasteiger partial charge on any atom is -0.400 e. The number of nitrogens with zero attached hydrogens (tertiary/aromatic N) is 8. The van der Waals surface area contributed by atoms with Gasteiger partial charge in [-0.1, -0.05) is 105 Å². The number of aromatic amines is 1. The van der Waals surface area contributed by atoms with Crippen LogP contribution >= 0.6 is 34.2 Å². The van der Waals surface area contributed by atoms with Crippen LogP contribution in [0.3, 0.4) is 0 Å². The molecule has 0 saturated carbocycles. The second-order valence-electron chi connectivity index (χ2n) is 14.8. The zero-order valence-corrected chi connectivity index (χ0v) is 44.3. The number of nitro groups is 2. The van der Waals surface area contributed by atoms with Crippen LogP contribution in [-0.4, -0.2) is 56.5 Å². The maximum Gasteiger partial charge on any atom is 0.331 e. The molecular formula is C53H57ClIN13O6. The Morgan fingerprint density at radius 3 is 1.50 bits per heavy atom. The number of hydrogen-bond donors (Lipinski definition) is 6. The number of nitriles is 1. The molecule has 0 saturated heterocycles. The van der Waals surface area contributed by atoms with Crippen LogP contribution in [0.15, 0.2) is 176 Å². The summed E-state index contributed by atoms with van der Waals surface area (Å²) < 4.78 is 7.84. The first-order valence-corrected chi connectivity index (χ1v) is 23.7. The molecule has 5 aromatic heterocycles. The van der Waals surface area contributed by atoms with E-state index in [0.29, 0.717) is 16.3 Å². The highest BCUT2D eigenvalue weighted by atomic mass is 127. The van der Waals surface area contributed by atoms with E-state index in [0.717, 1.165) is 58.3 Å². The lowest BCUT2D eigenvalue weighted by atomic mass is 10.2. The van der Waals surface area contributed by atoms with E-state index in [1.807, 2.05) is 140 Å². The van der Waals surface area contributed by atoms with E-state index in [2.05, 4.69) is 54.6 Å². The molecule has 0 unspecified atom stereocenters. The SMILES string of the molecule is CC#N.CO.Cc1ccc(-n2c(=O)[nH]c3cnccc32)cc1.Cc1ccc(N)cc1.Cc1ccc(Nc2ccncc2N)cc1.Cc1ccc(Nc2ccncc2[N+](=O)[O-])cc1.O=[N+]([O-])c1cnccc1Cl.[2H]CI. The molecule has 0 fully saturated rings. The van der Waals surface area contributed by atoms with Crippen LogP contribution in [0.2, 0.25) is 5.02 Å². The maximum absolute atomic E-state index is 11.9. The van der Waals surface area contributed by atoms with Crippen molar-refractivity contribution >= 4 is 90.7 Å². The van der Waals surface area contributed by atoms with Gasteiger partial charge >= 0.3 is 17.1 Å². The maximum atomic E-state index is 11.9. The number of rotatable bonds is 7. The van der Waals surface area contributed by atoms with Gasteiger partial charge in [0.2, 0.25) is 0 Å². The average molecular weight is 1140 g/mol. The molecule has 74 heavy (non-hydrogen) atoms. The monoisotopic (exact) mass is 1130 g/mol. The van der Waals surface area contributed by atoms with Crippen LogP contribution in [0.25, 0.3) is 16.7 Å². The first-order chi connectivity index (χ1) is 36.0. The number of aromatic nitrogens is 6. The Labute approximate surface area is 448 Å². The molecule has 0 radical (unpaired) electrons. The molecule has 0 aliphatic heterocycles. The number of alkyl halides is 1. The molecule has 9 aromatic rings. The van der Waals surface area contributed by atoms with Gasteiger partial charge in [0.05, 0.1) is 56.4 Å². The van der Waals surface area contributed by atoms with Crippen molar-refractivity contribution in [2.24, 2.45) is 0 Å². The molecule has 0 aliphatic rings. The number of nitrogens with one attached hydrogen (secondary N) is 3. The number of aliphatic hydroxyl groups is 1. The van der Waals surface area contributed by atoms with E-state index >= 15 is 0 Å². The molecule has 0 spiro atoms. The molecule has 384 valence electrons. The Hall–Kier alpha value is -8.78. The third-order valence-electron chi connectivity index (χ3n) is 9.31. The fourth-order valence-electron chi connectivity index (χ4n) is 5.72. The standard InChI is InChI=1S/C13H11N3O.C12H11N3O2.C12H13N3.C7H9N.C5H3ClN2O2.C2H3N.CH3I.CH4O/c1-9-2-4-10(5-3-9)16-12-6-7-14-8-11(12)15-13(16)17;1-9-2-4-10(5-3-9)14-11-6-7-13-8-12(11)15(16)17;1-9-2-4-10(5-3-9)15-12-6-7-14-8-11(12)13;1-6-2-4-7(8)5-3-6;6-4-1-2-7-3-5(4)8(9)10;1-2-3;2*1-2/h2-8H,1H3,(H,15,17);2-8H,1H3,(H,13,14);2-8H,13H2,1H3,(H,14,15);2-5H,8H2,1H3;1-3H;1H3;1H3;2H,1H3/i;;;;;;1D;. The van der Waals surface area contributed by atoms with Crippen LogP contribution in [0.4, 0.5) is 45.5 Å². The van der Waals surface area contributed by atoms with Crippen LogP contribution in [-0.2, 0) is 0 Å². The van der Waals surface area contributed by atoms with Crippen molar-refractivity contribution < 1.29 is 16.3 Å². The van der Waals surface area contributed by atoms with Crippen molar-refractivity contribution in [1.29, 1.82) is 5.26 Å². The Morgan fingerprint density at radius 2 is 1.05 bits per heavy atom. The number of pyridine rings is 4. The third kappa shape index (κ3) is 21.3. The fraction of sp³-hybridized carbons (Fsp3) is 0.132. The minimum absolute atomic E-state index is 0.0342. The normalized spacial score (nSPS) is 9.49. The largest absolute Gasteiger partial charge is 0.400 e. The van der Waals surface area contributed by atoms with Crippen molar-refractivity contribution in [1.82, 2.24) is 29.5 Å². The van der Waals surface area contributed by atoms with Crippen LogP contribution in [0.1, 0.15) is 30.5 Å². The summed E-state index contributed by atoms with van der Waals surface area (Å²) in [6.07, 6.45) is 11.9. The van der Waals surface area contributed by atoms with Gasteiger partial charge in [-0.15, -0.1) is 0 Å². The summed E-state index contributed by atoms with van der Waals surface area (Å²) in [6, 6.07) is 39.8. The summed E-state index contributed by atoms with van der Waals surface area (Å²) in [5, 5.41) is 41.6. The van der Waals surface area contributed by atoms with Gasteiger partial charge in [0.1, 0.15) is 23.1 Å². The number of anilines is 6. The van der Waals surface area contributed by atoms with Gasteiger partial charge in [-0.25, -0.2) is 4.79 Å². The summed E-state index contributed by atoms with van der Waals surface area (Å²) in [4.78, 5) is 50.2. The van der Waals surface area contributed by atoms with Gasteiger partial charge in [-0.3, -0.25) is 44.7 Å². The van der Waals surface area contributed by atoms with Crippen LogP contribution in [0.5, 0.6) is 0 Å². The van der Waals surface area contributed by atoms with Crippen molar-refractivity contribution in [3.8, 4) is 11.8 Å². The van der Waals surface area contributed by atoms with Gasteiger partial charge in [-0.2, -0.15) is 5.26 Å². The molecule has 4 aromatic carbocycles. The fourth-order valence-corrected chi connectivity index (χ4v) is 5.90. The number of halogens is 2. The van der Waals surface area contributed by atoms with Crippen LogP contribution < -0.4 is 27.8 Å². The van der Waals surface area contributed by atoms with E-state index < -0.39 is 9.85 Å². The van der Waals surface area contributed by atoms with Crippen molar-refractivity contribution in [3.63, 3.8) is 0 Å². The lowest BCUT2D eigenvalue weighted by Crippen LogP contribution is -2.14. The lowest BCUT2D eigenvalue weighted by molar-refractivity contribution is -0.385. The number of hydrogen-bond acceptors (Lipinski definition) is 15. The molecule has 0 amide bonds. The minimum atomic E-state index is -0.574. The molecule has 21 heteroatoms. The van der Waals surface area contributed by atoms with Gasteiger partial charge in [0.15, 0.2) is 0 Å². The predicted molar refractivity (Wildman–Crippen MR) is 306 cm³/mol. The van der Waals surface area contributed by atoms with Crippen molar-refractivity contribution in [3.05, 3.63) is 229 Å². The molecule has 19 nitrogen and oxygen atoms in total. The number of nitrogens with two attached hydrogens (primary N) is 2. The first kappa shape index (κ1) is 59.5. The van der Waals surface area contributed by atoms with Gasteiger partial charge in [0.25, 0.3) is 0 Å². The first-order valence-electron chi connectivity index (χ1n) is 22.5. The smallest absolute Gasteiger partial charge is 0.331 e. The Balaban J connectivity index is 0.000000316. The number of benzene rings is 4. The second-order valence-corrected chi connectivity index (χ2v) is 15.2. The summed E-state index contributed by atoms with van der Waals surface area (Å²) in [7, 11) is 1.00. The number of imidazole rings is 1. The highest BCUT2D eigenvalue weighted by Crippen LogP contribution is 2.26. The highest BCUT2D eigenvalue weighted by Gasteiger charge is 2.13. The summed E-state index contributed by atoms with van der Waals surface area (Å²) in [5.74, 6) is 0. The number of fused-ring (bicyclic) bond motifs is 1. The van der Waals surface area contributed by atoms with E-state index in [1.165, 1.54) is 48.3 Å². The summed E-state index contributed by atoms with van der Waals surface area (Å²) in [6.45, 7) is 9.54. The number of aryl methyl sites for hydroxylation is 4. The lowest BCUT2D eigenvalue weighted by Gasteiger charge is -2.08. The third-order valence-corrected chi connectivity index (χ3v) is 9.63. The number of aliphatic hydroxyl groups excluding tert-OH is 1. The van der Waals surface area contributed by atoms with Gasteiger partial charge < -0.3 is 32.2 Å². The highest BCUT2D eigenvalue weighted by molar-refractivity contribution is 14.1. The number of nitrogen functional groups attached to an aromatic ring is 2. The van der Waals surface area contributed by atoms with Crippen molar-refractivity contribution in [2.75, 3.05) is 34.1 Å². The Bertz CT molecular complexity index is 3190. The summed E-state index contributed by atoms with van der Waals surface area (Å²) in [5.41, 5.74) is 22.7. The van der Waals surface area contributed by atoms with E-state index in [1.54, 1.807) is 41.5 Å². The summed E-state index contributed by atoms with van der Waals surface area (Å²) >= 11 is 7.39. The topological polar surface area (TPSA) is 296 Å². The zero-order valence-electron chi connectivity index (χ0n) is 42.3. The van der Waals surface area contributed by atoms with Gasteiger partial charge in [0, 0.05) is 57.3 Å². The molecular weight excluding hydrogens is 1080 g/mol. The van der Waals surface area contributed by atoms with Crippen LogP contribution in [0, 0.1) is 59.3 Å². The Morgan fingerprint density at radius 1 is 0.662 bits per heavy atom. The zero-order chi connectivity index (χ0) is 55.7.